The Morgan fingerprint density at radius 1 is 0.931 bits per heavy atom. The number of aliphatic hydroxyl groups is 3. The van der Waals surface area contributed by atoms with Crippen LogP contribution in [0.1, 0.15) is 78.6 Å². The van der Waals surface area contributed by atoms with Crippen LogP contribution in [0.25, 0.3) is 0 Å². The third-order valence-electron chi connectivity index (χ3n) is 10.3. The molecule has 0 heterocycles. The van der Waals surface area contributed by atoms with Crippen LogP contribution in [-0.4, -0.2) is 44.7 Å². The number of rotatable bonds is 4. The van der Waals surface area contributed by atoms with Gasteiger partial charge in [-0.1, -0.05) is 20.8 Å². The lowest BCUT2D eigenvalue weighted by Gasteiger charge is -2.63. The standard InChI is InChI=1S/C24H40O5/c1-13(4-7-19(26)27)15-5-6-16-20-17(9-11-23(15,16)2)24(3)10-8-14(25)12-18(24)21(28)22(20)29/h13-18,20-22,25,28-29H,4-12H2,1-3H3,(H,26,27)/t13-,14+,15?,16?,17?,18-,20?,21-,22+,23+,24+/m0/s1. The zero-order valence-electron chi connectivity index (χ0n) is 18.3. The summed E-state index contributed by atoms with van der Waals surface area (Å²) in [6.45, 7) is 6.89. The van der Waals surface area contributed by atoms with E-state index < -0.39 is 18.2 Å². The van der Waals surface area contributed by atoms with E-state index in [1.807, 2.05) is 0 Å². The highest BCUT2D eigenvalue weighted by Crippen LogP contribution is 2.68. The molecule has 0 radical (unpaired) electrons. The molecule has 4 unspecified atom stereocenters. The molecule has 4 fully saturated rings. The summed E-state index contributed by atoms with van der Waals surface area (Å²) in [6.07, 6.45) is 5.87. The van der Waals surface area contributed by atoms with Gasteiger partial charge in [-0.05, 0) is 97.7 Å². The summed E-state index contributed by atoms with van der Waals surface area (Å²) in [5, 5.41) is 41.7. The molecule has 0 aromatic heterocycles. The SMILES string of the molecule is C[C@@H](CCC(=O)O)C1CCC2C3C(CC[C@@]21C)[C@@]1(C)CC[C@@H](O)C[C@H]1[C@H](O)[C@@H]3O. The molecule has 4 saturated carbocycles. The second-order valence-corrected chi connectivity index (χ2v) is 11.5. The molecule has 166 valence electrons. The van der Waals surface area contributed by atoms with Crippen molar-refractivity contribution in [1.82, 2.24) is 0 Å². The van der Waals surface area contributed by atoms with Crippen molar-refractivity contribution in [2.24, 2.45) is 46.3 Å². The predicted molar refractivity (Wildman–Crippen MR) is 110 cm³/mol. The second-order valence-electron chi connectivity index (χ2n) is 11.5. The topological polar surface area (TPSA) is 98.0 Å². The van der Waals surface area contributed by atoms with E-state index in [1.165, 1.54) is 0 Å². The Balaban J connectivity index is 1.59. The summed E-state index contributed by atoms with van der Waals surface area (Å²) >= 11 is 0. The molecule has 0 aromatic carbocycles. The lowest BCUT2D eigenvalue weighted by atomic mass is 9.43. The summed E-state index contributed by atoms with van der Waals surface area (Å²) in [6, 6.07) is 0. The Labute approximate surface area is 174 Å². The van der Waals surface area contributed by atoms with E-state index in [2.05, 4.69) is 20.8 Å². The minimum absolute atomic E-state index is 0.00309. The van der Waals surface area contributed by atoms with E-state index >= 15 is 0 Å². The smallest absolute Gasteiger partial charge is 0.303 e. The number of aliphatic hydroxyl groups excluding tert-OH is 3. The fourth-order valence-electron chi connectivity index (χ4n) is 8.77. The summed E-state index contributed by atoms with van der Waals surface area (Å²) in [5.74, 6) is 1.06. The molecule has 4 N–H and O–H groups in total. The number of carboxylic acids is 1. The van der Waals surface area contributed by atoms with E-state index in [-0.39, 0.29) is 35.2 Å². The van der Waals surface area contributed by atoms with Gasteiger partial charge in [0.2, 0.25) is 0 Å². The van der Waals surface area contributed by atoms with Crippen molar-refractivity contribution in [3.05, 3.63) is 0 Å². The molecule has 0 aromatic rings. The molecular weight excluding hydrogens is 368 g/mol. The Bertz CT molecular complexity index is 637. The molecule has 4 aliphatic rings. The molecule has 11 atom stereocenters. The van der Waals surface area contributed by atoms with Gasteiger partial charge in [0.25, 0.3) is 0 Å². The van der Waals surface area contributed by atoms with Gasteiger partial charge in [-0.25, -0.2) is 0 Å². The monoisotopic (exact) mass is 408 g/mol. The fourth-order valence-corrected chi connectivity index (χ4v) is 8.77. The van der Waals surface area contributed by atoms with Crippen molar-refractivity contribution in [2.75, 3.05) is 0 Å². The Hall–Kier alpha value is -0.650. The first kappa shape index (κ1) is 21.6. The van der Waals surface area contributed by atoms with Crippen LogP contribution < -0.4 is 0 Å². The van der Waals surface area contributed by atoms with E-state index in [9.17, 15) is 20.1 Å². The quantitative estimate of drug-likeness (QED) is 0.571. The first-order chi connectivity index (χ1) is 13.6. The predicted octanol–water partition coefficient (Wildman–Crippen LogP) is 3.45. The summed E-state index contributed by atoms with van der Waals surface area (Å²) in [5.41, 5.74) is 0.119. The molecule has 5 heteroatoms. The number of hydrogen-bond donors (Lipinski definition) is 4. The number of fused-ring (bicyclic) bond motifs is 5. The summed E-state index contributed by atoms with van der Waals surface area (Å²) in [4.78, 5) is 11.1. The van der Waals surface area contributed by atoms with Crippen LogP contribution in [0.2, 0.25) is 0 Å². The zero-order valence-corrected chi connectivity index (χ0v) is 18.3. The highest BCUT2D eigenvalue weighted by Gasteiger charge is 2.65. The van der Waals surface area contributed by atoms with Crippen molar-refractivity contribution in [3.8, 4) is 0 Å². The molecule has 29 heavy (non-hydrogen) atoms. The van der Waals surface area contributed by atoms with E-state index in [4.69, 9.17) is 5.11 Å². The Kier molecular flexibility index (Phi) is 5.57. The van der Waals surface area contributed by atoms with Crippen molar-refractivity contribution in [1.29, 1.82) is 0 Å². The molecule has 0 amide bonds. The van der Waals surface area contributed by atoms with Gasteiger partial charge in [0, 0.05) is 6.42 Å². The average Bonchev–Trinajstić information content (AvgIpc) is 3.02. The second kappa shape index (κ2) is 7.49. The highest BCUT2D eigenvalue weighted by atomic mass is 16.4. The van der Waals surface area contributed by atoms with Crippen LogP contribution in [0.15, 0.2) is 0 Å². The van der Waals surface area contributed by atoms with E-state index in [1.54, 1.807) is 0 Å². The molecule has 0 saturated heterocycles. The lowest BCUT2D eigenvalue weighted by molar-refractivity contribution is -0.223. The third-order valence-corrected chi connectivity index (χ3v) is 10.3. The van der Waals surface area contributed by atoms with Crippen molar-refractivity contribution < 1.29 is 25.2 Å². The summed E-state index contributed by atoms with van der Waals surface area (Å²) in [7, 11) is 0. The van der Waals surface area contributed by atoms with E-state index in [0.717, 1.165) is 44.9 Å². The van der Waals surface area contributed by atoms with Crippen LogP contribution in [0.5, 0.6) is 0 Å². The molecule has 4 rings (SSSR count). The fraction of sp³-hybridized carbons (Fsp3) is 0.958. The van der Waals surface area contributed by atoms with Crippen LogP contribution in [0, 0.1) is 46.3 Å². The molecule has 0 bridgehead atoms. The number of carboxylic acid groups (broad SMARTS) is 1. The lowest BCUT2D eigenvalue weighted by Crippen LogP contribution is -2.64. The average molecular weight is 409 g/mol. The summed E-state index contributed by atoms with van der Waals surface area (Å²) < 4.78 is 0. The third kappa shape index (κ3) is 3.27. The molecule has 4 aliphatic carbocycles. The van der Waals surface area contributed by atoms with Crippen LogP contribution >= 0.6 is 0 Å². The molecular formula is C24H40O5. The highest BCUT2D eigenvalue weighted by molar-refractivity contribution is 5.66. The van der Waals surface area contributed by atoms with Crippen molar-refractivity contribution in [2.45, 2.75) is 96.9 Å². The van der Waals surface area contributed by atoms with Gasteiger partial charge >= 0.3 is 5.97 Å². The van der Waals surface area contributed by atoms with Gasteiger partial charge in [-0.15, -0.1) is 0 Å². The minimum Gasteiger partial charge on any atom is -0.481 e. The Morgan fingerprint density at radius 2 is 1.59 bits per heavy atom. The van der Waals surface area contributed by atoms with Gasteiger partial charge in [-0.2, -0.15) is 0 Å². The molecule has 0 spiro atoms. The van der Waals surface area contributed by atoms with Gasteiger partial charge in [0.1, 0.15) is 0 Å². The van der Waals surface area contributed by atoms with Crippen LogP contribution in [0.3, 0.4) is 0 Å². The number of carbonyl (C=O) groups is 1. The van der Waals surface area contributed by atoms with E-state index in [0.29, 0.717) is 30.1 Å². The van der Waals surface area contributed by atoms with Gasteiger partial charge < -0.3 is 20.4 Å². The molecule has 0 aliphatic heterocycles. The maximum Gasteiger partial charge on any atom is 0.303 e. The Morgan fingerprint density at radius 3 is 2.28 bits per heavy atom. The first-order valence-electron chi connectivity index (χ1n) is 11.9. The van der Waals surface area contributed by atoms with Gasteiger partial charge in [0.15, 0.2) is 0 Å². The first-order valence-corrected chi connectivity index (χ1v) is 11.9. The van der Waals surface area contributed by atoms with Gasteiger partial charge in [-0.3, -0.25) is 4.79 Å². The van der Waals surface area contributed by atoms with Crippen molar-refractivity contribution >= 4 is 5.97 Å². The maximum absolute atomic E-state index is 11.3. The van der Waals surface area contributed by atoms with Crippen LogP contribution in [-0.2, 0) is 4.79 Å². The van der Waals surface area contributed by atoms with Crippen molar-refractivity contribution in [3.63, 3.8) is 0 Å². The minimum atomic E-state index is -0.748. The molecule has 5 nitrogen and oxygen atoms in total. The van der Waals surface area contributed by atoms with Gasteiger partial charge in [0.05, 0.1) is 18.3 Å². The largest absolute Gasteiger partial charge is 0.481 e. The number of aliphatic carboxylic acids is 1. The van der Waals surface area contributed by atoms with Crippen LogP contribution in [0.4, 0.5) is 0 Å². The normalized spacial score (nSPS) is 52.9. The number of hydrogen-bond acceptors (Lipinski definition) is 4. The zero-order chi connectivity index (χ0) is 21.1. The maximum atomic E-state index is 11.3.